The fourth-order valence-corrected chi connectivity index (χ4v) is 2.01. The summed E-state index contributed by atoms with van der Waals surface area (Å²) in [4.78, 5) is 4.43. The highest BCUT2D eigenvalue weighted by Gasteiger charge is 2.10. The molecule has 0 aliphatic rings. The van der Waals surface area contributed by atoms with E-state index in [4.69, 9.17) is 4.42 Å². The zero-order valence-electron chi connectivity index (χ0n) is 10.5. The van der Waals surface area contributed by atoms with Crippen molar-refractivity contribution in [2.24, 2.45) is 0 Å². The summed E-state index contributed by atoms with van der Waals surface area (Å²) in [5.41, 5.74) is 0.960. The summed E-state index contributed by atoms with van der Waals surface area (Å²) in [6.07, 6.45) is 0. The lowest BCUT2D eigenvalue weighted by atomic mass is 10.2. The van der Waals surface area contributed by atoms with E-state index in [0.29, 0.717) is 11.5 Å². The second-order valence-electron chi connectivity index (χ2n) is 4.21. The first-order valence-corrected chi connectivity index (χ1v) is 6.17. The Morgan fingerprint density at radius 1 is 1.21 bits per heavy atom. The van der Waals surface area contributed by atoms with Crippen LogP contribution in [0.5, 0.6) is 0 Å². The molecule has 0 radical (unpaired) electrons. The summed E-state index contributed by atoms with van der Waals surface area (Å²) < 4.78 is 19.1. The predicted octanol–water partition coefficient (Wildman–Crippen LogP) is 4.07. The minimum atomic E-state index is -0.355. The van der Waals surface area contributed by atoms with Crippen molar-refractivity contribution in [3.63, 3.8) is 0 Å². The summed E-state index contributed by atoms with van der Waals surface area (Å²) >= 11 is 0. The average molecular weight is 256 g/mol. The largest absolute Gasteiger partial charge is 0.451 e. The molecular formula is C15H13FN2O. The molecule has 0 aliphatic heterocycles. The molecule has 3 aromatic rings. The lowest BCUT2D eigenvalue weighted by molar-refractivity contribution is 0.567. The van der Waals surface area contributed by atoms with E-state index in [-0.39, 0.29) is 11.4 Å². The third-order valence-corrected chi connectivity index (χ3v) is 2.86. The highest BCUT2D eigenvalue weighted by molar-refractivity contribution is 5.82. The number of nitrogens with one attached hydrogen (secondary N) is 1. The van der Waals surface area contributed by atoms with E-state index in [1.165, 1.54) is 6.07 Å². The lowest BCUT2D eigenvalue weighted by Crippen LogP contribution is -1.99. The SMILES string of the molecule is CCNc1cccc(-c2cc3cccc(F)c3o2)n1. The Bertz CT molecular complexity index is 721. The van der Waals surface area contributed by atoms with Crippen LogP contribution in [0.4, 0.5) is 10.2 Å². The molecule has 1 aromatic carbocycles. The summed E-state index contributed by atoms with van der Waals surface area (Å²) in [6, 6.07) is 12.3. The van der Waals surface area contributed by atoms with E-state index < -0.39 is 0 Å². The first kappa shape index (κ1) is 11.7. The summed E-state index contributed by atoms with van der Waals surface area (Å²) in [5, 5.41) is 3.88. The molecule has 0 unspecified atom stereocenters. The van der Waals surface area contributed by atoms with Gasteiger partial charge in [0.25, 0.3) is 0 Å². The molecule has 19 heavy (non-hydrogen) atoms. The monoisotopic (exact) mass is 256 g/mol. The number of halogens is 1. The van der Waals surface area contributed by atoms with Gasteiger partial charge < -0.3 is 9.73 Å². The van der Waals surface area contributed by atoms with Crippen LogP contribution in [0.3, 0.4) is 0 Å². The fourth-order valence-electron chi connectivity index (χ4n) is 2.01. The van der Waals surface area contributed by atoms with Crippen LogP contribution >= 0.6 is 0 Å². The molecule has 0 amide bonds. The second-order valence-corrected chi connectivity index (χ2v) is 4.21. The Morgan fingerprint density at radius 2 is 2.05 bits per heavy atom. The van der Waals surface area contributed by atoms with Gasteiger partial charge in [0, 0.05) is 11.9 Å². The Hall–Kier alpha value is -2.36. The highest BCUT2D eigenvalue weighted by atomic mass is 19.1. The van der Waals surface area contributed by atoms with Gasteiger partial charge >= 0.3 is 0 Å². The van der Waals surface area contributed by atoms with E-state index in [0.717, 1.165) is 17.7 Å². The molecule has 0 spiro atoms. The number of benzene rings is 1. The summed E-state index contributed by atoms with van der Waals surface area (Å²) in [6.45, 7) is 2.80. The molecule has 0 aliphatic carbocycles. The van der Waals surface area contributed by atoms with Crippen molar-refractivity contribution in [1.82, 2.24) is 4.98 Å². The maximum atomic E-state index is 13.6. The Labute approximate surface area is 110 Å². The van der Waals surface area contributed by atoms with Gasteiger partial charge in [0.2, 0.25) is 0 Å². The number of furan rings is 1. The smallest absolute Gasteiger partial charge is 0.170 e. The van der Waals surface area contributed by atoms with Crippen LogP contribution in [0.1, 0.15) is 6.92 Å². The van der Waals surface area contributed by atoms with E-state index in [1.807, 2.05) is 31.2 Å². The third kappa shape index (κ3) is 2.17. The quantitative estimate of drug-likeness (QED) is 0.767. The van der Waals surface area contributed by atoms with Gasteiger partial charge in [0.05, 0.1) is 0 Å². The van der Waals surface area contributed by atoms with Gasteiger partial charge in [0.15, 0.2) is 17.2 Å². The standard InChI is InChI=1S/C15H13FN2O/c1-2-17-14-8-4-7-12(18-14)13-9-10-5-3-6-11(16)15(10)19-13/h3-9H,2H2,1H3,(H,17,18). The predicted molar refractivity (Wildman–Crippen MR) is 73.6 cm³/mol. The molecular weight excluding hydrogens is 243 g/mol. The van der Waals surface area contributed by atoms with E-state index in [9.17, 15) is 4.39 Å². The third-order valence-electron chi connectivity index (χ3n) is 2.86. The molecule has 2 aromatic heterocycles. The van der Waals surface area contributed by atoms with Crippen LogP contribution in [0.2, 0.25) is 0 Å². The van der Waals surface area contributed by atoms with Gasteiger partial charge in [-0.15, -0.1) is 0 Å². The maximum Gasteiger partial charge on any atom is 0.170 e. The Balaban J connectivity index is 2.08. The van der Waals surface area contributed by atoms with Crippen molar-refractivity contribution in [1.29, 1.82) is 0 Å². The van der Waals surface area contributed by atoms with E-state index in [2.05, 4.69) is 10.3 Å². The van der Waals surface area contributed by atoms with Gasteiger partial charge in [-0.25, -0.2) is 9.37 Å². The van der Waals surface area contributed by atoms with Crippen molar-refractivity contribution < 1.29 is 8.81 Å². The van der Waals surface area contributed by atoms with Crippen molar-refractivity contribution in [3.8, 4) is 11.5 Å². The van der Waals surface area contributed by atoms with Crippen LogP contribution in [0, 0.1) is 5.82 Å². The molecule has 0 saturated heterocycles. The Morgan fingerprint density at radius 3 is 2.84 bits per heavy atom. The molecule has 0 fully saturated rings. The first-order valence-electron chi connectivity index (χ1n) is 6.17. The topological polar surface area (TPSA) is 38.1 Å². The number of fused-ring (bicyclic) bond motifs is 1. The summed E-state index contributed by atoms with van der Waals surface area (Å²) in [5.74, 6) is 0.993. The van der Waals surface area contributed by atoms with Crippen molar-refractivity contribution >= 4 is 16.8 Å². The van der Waals surface area contributed by atoms with Crippen LogP contribution in [-0.4, -0.2) is 11.5 Å². The first-order chi connectivity index (χ1) is 9.28. The van der Waals surface area contributed by atoms with Gasteiger partial charge in [-0.2, -0.15) is 0 Å². The van der Waals surface area contributed by atoms with Gasteiger partial charge in [-0.1, -0.05) is 18.2 Å². The molecule has 4 heteroatoms. The zero-order chi connectivity index (χ0) is 13.2. The van der Waals surface area contributed by atoms with Crippen LogP contribution in [0.25, 0.3) is 22.4 Å². The van der Waals surface area contributed by atoms with E-state index in [1.54, 1.807) is 12.1 Å². The number of aromatic nitrogens is 1. The molecule has 0 bridgehead atoms. The van der Waals surface area contributed by atoms with Gasteiger partial charge in [0.1, 0.15) is 11.5 Å². The molecule has 3 nitrogen and oxygen atoms in total. The normalized spacial score (nSPS) is 10.8. The fraction of sp³-hybridized carbons (Fsp3) is 0.133. The highest BCUT2D eigenvalue weighted by Crippen LogP contribution is 2.28. The van der Waals surface area contributed by atoms with E-state index >= 15 is 0 Å². The van der Waals surface area contributed by atoms with Crippen LogP contribution in [-0.2, 0) is 0 Å². The molecule has 96 valence electrons. The van der Waals surface area contributed by atoms with Crippen LogP contribution in [0.15, 0.2) is 46.9 Å². The number of para-hydroxylation sites is 1. The Kier molecular flexibility index (Phi) is 2.91. The average Bonchev–Trinajstić information content (AvgIpc) is 2.85. The molecule has 0 saturated carbocycles. The molecule has 0 atom stereocenters. The van der Waals surface area contributed by atoms with Crippen LogP contribution < -0.4 is 5.32 Å². The number of nitrogens with zero attached hydrogens (tertiary/aromatic N) is 1. The van der Waals surface area contributed by atoms with Gasteiger partial charge in [-0.05, 0) is 31.2 Å². The number of hydrogen-bond donors (Lipinski definition) is 1. The maximum absolute atomic E-state index is 13.6. The number of hydrogen-bond acceptors (Lipinski definition) is 3. The van der Waals surface area contributed by atoms with Crippen molar-refractivity contribution in [2.75, 3.05) is 11.9 Å². The summed E-state index contributed by atoms with van der Waals surface area (Å²) in [7, 11) is 0. The van der Waals surface area contributed by atoms with Gasteiger partial charge in [-0.3, -0.25) is 0 Å². The molecule has 2 heterocycles. The van der Waals surface area contributed by atoms with Crippen molar-refractivity contribution in [3.05, 3.63) is 48.3 Å². The number of rotatable bonds is 3. The molecule has 3 rings (SSSR count). The molecule has 1 N–H and O–H groups in total. The zero-order valence-corrected chi connectivity index (χ0v) is 10.5. The minimum Gasteiger partial charge on any atom is -0.451 e. The lowest BCUT2D eigenvalue weighted by Gasteiger charge is -2.03. The second kappa shape index (κ2) is 4.72. The minimum absolute atomic E-state index is 0.271. The number of pyridine rings is 1. The van der Waals surface area contributed by atoms with Crippen molar-refractivity contribution in [2.45, 2.75) is 6.92 Å². The number of anilines is 1.